The smallest absolute Gasteiger partial charge is 0.326 e. The van der Waals surface area contributed by atoms with Gasteiger partial charge in [0.1, 0.15) is 6.04 Å². The van der Waals surface area contributed by atoms with Gasteiger partial charge in [-0.1, -0.05) is 11.6 Å². The van der Waals surface area contributed by atoms with Crippen LogP contribution in [0.4, 0.5) is 5.69 Å². The molecule has 0 aliphatic carbocycles. The van der Waals surface area contributed by atoms with Crippen molar-refractivity contribution < 1.29 is 19.4 Å². The fourth-order valence-electron chi connectivity index (χ4n) is 2.37. The Bertz CT molecular complexity index is 549. The minimum absolute atomic E-state index is 0.148. The van der Waals surface area contributed by atoms with Crippen molar-refractivity contribution in [3.8, 4) is 0 Å². The van der Waals surface area contributed by atoms with E-state index in [4.69, 9.17) is 22.1 Å². The van der Waals surface area contributed by atoms with E-state index in [-0.39, 0.29) is 16.7 Å². The van der Waals surface area contributed by atoms with Crippen LogP contribution in [0.3, 0.4) is 0 Å². The standard InChI is InChI=1S/C13H15ClN2O4/c1-20-8-5-11(13(18)19)16(6-8)7-2-3-9(12(15)17)10(14)4-7/h2-4,8,11H,5-6H2,1H3,(H2,15,17)(H,18,19). The molecule has 0 saturated carbocycles. The van der Waals surface area contributed by atoms with Crippen molar-refractivity contribution in [3.63, 3.8) is 0 Å². The molecule has 1 aromatic carbocycles. The molecule has 7 heteroatoms. The molecule has 2 unspecified atom stereocenters. The SMILES string of the molecule is COC1CC(C(=O)O)N(c2ccc(C(N)=O)c(Cl)c2)C1. The maximum atomic E-state index is 11.3. The Morgan fingerprint density at radius 3 is 2.70 bits per heavy atom. The van der Waals surface area contributed by atoms with Crippen LogP contribution < -0.4 is 10.6 Å². The quantitative estimate of drug-likeness (QED) is 0.869. The molecule has 1 fully saturated rings. The summed E-state index contributed by atoms with van der Waals surface area (Å²) < 4.78 is 5.22. The maximum Gasteiger partial charge on any atom is 0.326 e. The normalized spacial score (nSPS) is 22.0. The van der Waals surface area contributed by atoms with Gasteiger partial charge in [0.05, 0.1) is 16.7 Å². The van der Waals surface area contributed by atoms with Gasteiger partial charge in [-0.25, -0.2) is 4.79 Å². The number of aliphatic carboxylic acids is 1. The van der Waals surface area contributed by atoms with Crippen molar-refractivity contribution in [2.24, 2.45) is 5.73 Å². The number of rotatable bonds is 4. The molecule has 2 atom stereocenters. The Labute approximate surface area is 121 Å². The van der Waals surface area contributed by atoms with E-state index in [0.29, 0.717) is 18.7 Å². The van der Waals surface area contributed by atoms with Gasteiger partial charge in [0.25, 0.3) is 0 Å². The van der Waals surface area contributed by atoms with E-state index in [9.17, 15) is 14.7 Å². The number of hydrogen-bond donors (Lipinski definition) is 2. The molecule has 0 bridgehead atoms. The van der Waals surface area contributed by atoms with Crippen molar-refractivity contribution in [3.05, 3.63) is 28.8 Å². The molecule has 20 heavy (non-hydrogen) atoms. The lowest BCUT2D eigenvalue weighted by Crippen LogP contribution is -2.36. The van der Waals surface area contributed by atoms with Gasteiger partial charge >= 0.3 is 5.97 Å². The Morgan fingerprint density at radius 2 is 2.20 bits per heavy atom. The van der Waals surface area contributed by atoms with Gasteiger partial charge in [0, 0.05) is 25.8 Å². The third-order valence-corrected chi connectivity index (χ3v) is 3.74. The van der Waals surface area contributed by atoms with Crippen LogP contribution in [0.15, 0.2) is 18.2 Å². The van der Waals surface area contributed by atoms with Gasteiger partial charge in [-0.05, 0) is 18.2 Å². The van der Waals surface area contributed by atoms with E-state index >= 15 is 0 Å². The van der Waals surface area contributed by atoms with Crippen LogP contribution in [0.2, 0.25) is 5.02 Å². The lowest BCUT2D eigenvalue weighted by atomic mass is 10.1. The number of halogens is 1. The molecule has 0 radical (unpaired) electrons. The van der Waals surface area contributed by atoms with E-state index < -0.39 is 17.9 Å². The largest absolute Gasteiger partial charge is 0.480 e. The summed E-state index contributed by atoms with van der Waals surface area (Å²) in [5.74, 6) is -1.54. The number of amides is 1. The van der Waals surface area contributed by atoms with Crippen molar-refractivity contribution in [1.82, 2.24) is 0 Å². The monoisotopic (exact) mass is 298 g/mol. The van der Waals surface area contributed by atoms with Crippen LogP contribution in [-0.4, -0.2) is 42.8 Å². The first kappa shape index (κ1) is 14.6. The maximum absolute atomic E-state index is 11.3. The lowest BCUT2D eigenvalue weighted by Gasteiger charge is -2.24. The molecular weight excluding hydrogens is 284 g/mol. The number of primary amides is 1. The highest BCUT2D eigenvalue weighted by Gasteiger charge is 2.37. The summed E-state index contributed by atoms with van der Waals surface area (Å²) in [6, 6.07) is 4.02. The average molecular weight is 299 g/mol. The summed E-state index contributed by atoms with van der Waals surface area (Å²) in [6.45, 7) is 0.458. The molecule has 0 aromatic heterocycles. The van der Waals surface area contributed by atoms with E-state index in [0.717, 1.165) is 0 Å². The van der Waals surface area contributed by atoms with E-state index in [1.165, 1.54) is 6.07 Å². The molecule has 2 rings (SSSR count). The van der Waals surface area contributed by atoms with Crippen LogP contribution in [-0.2, 0) is 9.53 Å². The molecule has 0 spiro atoms. The second-order valence-electron chi connectivity index (χ2n) is 4.63. The zero-order valence-corrected chi connectivity index (χ0v) is 11.6. The van der Waals surface area contributed by atoms with Crippen molar-refractivity contribution in [1.29, 1.82) is 0 Å². The average Bonchev–Trinajstić information content (AvgIpc) is 2.82. The number of carbonyl (C=O) groups excluding carboxylic acids is 1. The Kier molecular flexibility index (Phi) is 4.15. The molecule has 108 valence electrons. The fraction of sp³-hybridized carbons (Fsp3) is 0.385. The lowest BCUT2D eigenvalue weighted by molar-refractivity contribution is -0.138. The van der Waals surface area contributed by atoms with Crippen LogP contribution in [0.1, 0.15) is 16.8 Å². The first-order valence-corrected chi connectivity index (χ1v) is 6.43. The Morgan fingerprint density at radius 1 is 1.50 bits per heavy atom. The molecule has 6 nitrogen and oxygen atoms in total. The van der Waals surface area contributed by atoms with Crippen LogP contribution in [0.25, 0.3) is 0 Å². The zero-order chi connectivity index (χ0) is 14.9. The molecule has 1 amide bonds. The third kappa shape index (κ3) is 2.71. The molecule has 1 heterocycles. The van der Waals surface area contributed by atoms with Crippen LogP contribution in [0.5, 0.6) is 0 Å². The topological polar surface area (TPSA) is 92.9 Å². The van der Waals surface area contributed by atoms with Gasteiger partial charge in [0.2, 0.25) is 5.91 Å². The predicted octanol–water partition coefficient (Wildman–Crippen LogP) is 1.12. The number of hydrogen-bond acceptors (Lipinski definition) is 4. The van der Waals surface area contributed by atoms with Crippen LogP contribution >= 0.6 is 11.6 Å². The number of carboxylic acid groups (broad SMARTS) is 1. The number of anilines is 1. The first-order valence-electron chi connectivity index (χ1n) is 6.05. The van der Waals surface area contributed by atoms with E-state index in [2.05, 4.69) is 0 Å². The first-order chi connectivity index (χ1) is 9.43. The predicted molar refractivity (Wildman–Crippen MR) is 74.2 cm³/mol. The molecule has 1 saturated heterocycles. The summed E-state index contributed by atoms with van der Waals surface area (Å²) in [6.07, 6.45) is 0.256. The molecule has 1 aromatic rings. The summed E-state index contributed by atoms with van der Waals surface area (Å²) in [5, 5.41) is 9.47. The molecule has 1 aliphatic heterocycles. The molecule has 3 N–H and O–H groups in total. The highest BCUT2D eigenvalue weighted by atomic mass is 35.5. The molecule has 1 aliphatic rings. The van der Waals surface area contributed by atoms with Gasteiger partial charge < -0.3 is 20.5 Å². The number of methoxy groups -OCH3 is 1. The number of ether oxygens (including phenoxy) is 1. The highest BCUT2D eigenvalue weighted by molar-refractivity contribution is 6.34. The van der Waals surface area contributed by atoms with Gasteiger partial charge in [-0.3, -0.25) is 4.79 Å². The third-order valence-electron chi connectivity index (χ3n) is 3.43. The number of carbonyl (C=O) groups is 2. The zero-order valence-electron chi connectivity index (χ0n) is 10.9. The van der Waals surface area contributed by atoms with Crippen LogP contribution in [0, 0.1) is 0 Å². The van der Waals surface area contributed by atoms with Gasteiger partial charge in [0.15, 0.2) is 0 Å². The minimum Gasteiger partial charge on any atom is -0.480 e. The van der Waals surface area contributed by atoms with E-state index in [1.807, 2.05) is 0 Å². The number of nitrogens with zero attached hydrogens (tertiary/aromatic N) is 1. The number of carboxylic acids is 1. The Balaban J connectivity index is 2.32. The second kappa shape index (κ2) is 5.68. The van der Waals surface area contributed by atoms with Crippen molar-refractivity contribution in [2.45, 2.75) is 18.6 Å². The van der Waals surface area contributed by atoms with Crippen molar-refractivity contribution >= 4 is 29.2 Å². The highest BCUT2D eigenvalue weighted by Crippen LogP contribution is 2.30. The van der Waals surface area contributed by atoms with Gasteiger partial charge in [-0.2, -0.15) is 0 Å². The fourth-order valence-corrected chi connectivity index (χ4v) is 2.64. The second-order valence-corrected chi connectivity index (χ2v) is 5.04. The number of nitrogens with two attached hydrogens (primary N) is 1. The Hall–Kier alpha value is -1.79. The summed E-state index contributed by atoms with van der Waals surface area (Å²) in [7, 11) is 1.55. The van der Waals surface area contributed by atoms with Crippen molar-refractivity contribution in [2.75, 3.05) is 18.6 Å². The van der Waals surface area contributed by atoms with E-state index in [1.54, 1.807) is 24.1 Å². The van der Waals surface area contributed by atoms with Gasteiger partial charge in [-0.15, -0.1) is 0 Å². The summed E-state index contributed by atoms with van der Waals surface area (Å²) in [5.41, 5.74) is 6.03. The summed E-state index contributed by atoms with van der Waals surface area (Å²) in [4.78, 5) is 24.1. The summed E-state index contributed by atoms with van der Waals surface area (Å²) >= 11 is 5.99. The number of benzene rings is 1. The molecular formula is C13H15ClN2O4. The minimum atomic E-state index is -0.917.